The van der Waals surface area contributed by atoms with Crippen molar-refractivity contribution in [2.24, 2.45) is 5.41 Å². The van der Waals surface area contributed by atoms with Gasteiger partial charge in [-0.15, -0.1) is 0 Å². The predicted octanol–water partition coefficient (Wildman–Crippen LogP) is 5.37. The Morgan fingerprint density at radius 3 is 2.79 bits per heavy atom. The maximum absolute atomic E-state index is 13.2. The first-order valence-electron chi connectivity index (χ1n) is 11.7. The lowest BCUT2D eigenvalue weighted by Gasteiger charge is -2.23. The quantitative estimate of drug-likeness (QED) is 0.550. The maximum atomic E-state index is 13.2. The molecule has 1 aromatic carbocycles. The molecule has 0 aliphatic carbocycles. The highest BCUT2D eigenvalue weighted by molar-refractivity contribution is 6.02. The molecular weight excluding hydrogens is 431 g/mol. The largest absolute Gasteiger partial charge is 0.382 e. The Labute approximate surface area is 199 Å². The van der Waals surface area contributed by atoms with Gasteiger partial charge in [0.15, 0.2) is 5.82 Å². The third kappa shape index (κ3) is 4.66. The van der Waals surface area contributed by atoms with E-state index in [2.05, 4.69) is 58.6 Å². The average Bonchev–Trinajstić information content (AvgIpc) is 3.07. The fourth-order valence-corrected chi connectivity index (χ4v) is 4.54. The molecule has 0 bridgehead atoms. The standard InChI is InChI=1S/C26H29FN6O/c1-26(2)11-14-32(17-26)20-6-3-5-18(15-20)21-8-9-22-24(30-21)33(13-4-12-28-22)25(34)31-23-10-7-19(27)16-29-23/h3,5-10,15-16,28H,4,11-14,17H2,1-2H3,(H,29,31,34). The molecule has 2 aromatic heterocycles. The van der Waals surface area contributed by atoms with Crippen LogP contribution in [0.1, 0.15) is 26.7 Å². The molecule has 0 spiro atoms. The van der Waals surface area contributed by atoms with E-state index in [1.165, 1.54) is 24.2 Å². The van der Waals surface area contributed by atoms with Crippen LogP contribution in [0.15, 0.2) is 54.7 Å². The number of carbonyl (C=O) groups is 1. The van der Waals surface area contributed by atoms with Gasteiger partial charge in [-0.25, -0.2) is 19.2 Å². The van der Waals surface area contributed by atoms with E-state index >= 15 is 0 Å². The number of anilines is 4. The summed E-state index contributed by atoms with van der Waals surface area (Å²) in [7, 11) is 0. The van der Waals surface area contributed by atoms with Crippen molar-refractivity contribution in [1.82, 2.24) is 9.97 Å². The summed E-state index contributed by atoms with van der Waals surface area (Å²) in [6.45, 7) is 7.93. The Kier molecular flexibility index (Phi) is 5.81. The minimum absolute atomic E-state index is 0.294. The van der Waals surface area contributed by atoms with Crippen LogP contribution in [-0.2, 0) is 0 Å². The van der Waals surface area contributed by atoms with E-state index < -0.39 is 5.82 Å². The van der Waals surface area contributed by atoms with Gasteiger partial charge in [0.05, 0.1) is 17.6 Å². The number of amides is 2. The number of halogens is 1. The topological polar surface area (TPSA) is 73.4 Å². The van der Waals surface area contributed by atoms with Gasteiger partial charge in [-0.2, -0.15) is 0 Å². The lowest BCUT2D eigenvalue weighted by molar-refractivity contribution is 0.256. The van der Waals surface area contributed by atoms with Crippen molar-refractivity contribution >= 4 is 29.0 Å². The number of nitrogens with one attached hydrogen (secondary N) is 2. The normalized spacial score (nSPS) is 17.0. The molecule has 176 valence electrons. The molecule has 7 nitrogen and oxygen atoms in total. The van der Waals surface area contributed by atoms with Crippen molar-refractivity contribution in [3.63, 3.8) is 0 Å². The highest BCUT2D eigenvalue weighted by atomic mass is 19.1. The number of fused-ring (bicyclic) bond motifs is 1. The summed E-state index contributed by atoms with van der Waals surface area (Å²) in [4.78, 5) is 26.0. The van der Waals surface area contributed by atoms with E-state index in [4.69, 9.17) is 4.98 Å². The number of nitrogens with zero attached hydrogens (tertiary/aromatic N) is 4. The van der Waals surface area contributed by atoms with Crippen molar-refractivity contribution in [2.75, 3.05) is 46.6 Å². The fourth-order valence-electron chi connectivity index (χ4n) is 4.54. The molecule has 0 unspecified atom stereocenters. The number of urea groups is 1. The predicted molar refractivity (Wildman–Crippen MR) is 134 cm³/mol. The molecule has 1 saturated heterocycles. The number of pyridine rings is 2. The summed E-state index contributed by atoms with van der Waals surface area (Å²) in [5, 5.41) is 6.12. The Morgan fingerprint density at radius 1 is 1.15 bits per heavy atom. The molecule has 3 aromatic rings. The van der Waals surface area contributed by atoms with Crippen molar-refractivity contribution in [3.05, 3.63) is 60.5 Å². The van der Waals surface area contributed by atoms with Gasteiger partial charge in [0.25, 0.3) is 0 Å². The second-order valence-electron chi connectivity index (χ2n) is 9.68. The zero-order valence-electron chi connectivity index (χ0n) is 19.5. The van der Waals surface area contributed by atoms with E-state index in [1.54, 1.807) is 4.90 Å². The van der Waals surface area contributed by atoms with E-state index in [-0.39, 0.29) is 6.03 Å². The first-order chi connectivity index (χ1) is 16.4. The number of benzene rings is 1. The van der Waals surface area contributed by atoms with E-state index in [9.17, 15) is 9.18 Å². The SMILES string of the molecule is CC1(C)CCN(c2cccc(-c3ccc4c(n3)N(C(=O)Nc3ccc(F)cn3)CCCN4)c2)C1. The molecule has 2 N–H and O–H groups in total. The Hall–Kier alpha value is -3.68. The average molecular weight is 461 g/mol. The van der Waals surface area contributed by atoms with Gasteiger partial charge in [0, 0.05) is 37.4 Å². The molecule has 8 heteroatoms. The summed E-state index contributed by atoms with van der Waals surface area (Å²) in [6.07, 6.45) is 3.03. The minimum Gasteiger partial charge on any atom is -0.382 e. The lowest BCUT2D eigenvalue weighted by Crippen LogP contribution is -2.36. The molecule has 2 amide bonds. The summed E-state index contributed by atoms with van der Waals surface area (Å²) in [6, 6.07) is 14.8. The smallest absolute Gasteiger partial charge is 0.328 e. The Bertz CT molecular complexity index is 1200. The summed E-state index contributed by atoms with van der Waals surface area (Å²) >= 11 is 0. The molecule has 34 heavy (non-hydrogen) atoms. The van der Waals surface area contributed by atoms with Gasteiger partial charge >= 0.3 is 6.03 Å². The molecule has 0 saturated carbocycles. The van der Waals surface area contributed by atoms with Gasteiger partial charge in [-0.1, -0.05) is 26.0 Å². The summed E-state index contributed by atoms with van der Waals surface area (Å²) in [5.41, 5.74) is 4.13. The molecule has 0 radical (unpaired) electrons. The van der Waals surface area contributed by atoms with Gasteiger partial charge in [0.1, 0.15) is 11.6 Å². The van der Waals surface area contributed by atoms with E-state index in [0.717, 1.165) is 49.2 Å². The van der Waals surface area contributed by atoms with Crippen LogP contribution in [0, 0.1) is 11.2 Å². The van der Waals surface area contributed by atoms with Crippen molar-refractivity contribution in [2.45, 2.75) is 26.7 Å². The summed E-state index contributed by atoms with van der Waals surface area (Å²) < 4.78 is 13.2. The third-order valence-corrected chi connectivity index (χ3v) is 6.40. The number of hydrogen-bond acceptors (Lipinski definition) is 5. The van der Waals surface area contributed by atoms with Crippen LogP contribution in [0.25, 0.3) is 11.3 Å². The first kappa shape index (κ1) is 22.1. The van der Waals surface area contributed by atoms with Crippen LogP contribution in [0.5, 0.6) is 0 Å². The molecule has 1 fully saturated rings. The van der Waals surface area contributed by atoms with Crippen molar-refractivity contribution in [3.8, 4) is 11.3 Å². The van der Waals surface area contributed by atoms with Crippen LogP contribution in [-0.4, -0.2) is 42.2 Å². The number of aromatic nitrogens is 2. The fraction of sp³-hybridized carbons (Fsp3) is 0.346. The second kappa shape index (κ2) is 8.93. The molecule has 4 heterocycles. The maximum Gasteiger partial charge on any atom is 0.328 e. The number of rotatable bonds is 3. The van der Waals surface area contributed by atoms with Gasteiger partial charge < -0.3 is 10.2 Å². The lowest BCUT2D eigenvalue weighted by atomic mass is 9.93. The van der Waals surface area contributed by atoms with Crippen LogP contribution in [0.4, 0.5) is 32.2 Å². The monoisotopic (exact) mass is 460 g/mol. The van der Waals surface area contributed by atoms with Gasteiger partial charge in [-0.3, -0.25) is 10.2 Å². The van der Waals surface area contributed by atoms with Crippen LogP contribution < -0.4 is 20.4 Å². The molecule has 0 atom stereocenters. The summed E-state index contributed by atoms with van der Waals surface area (Å²) in [5.74, 6) is 0.415. The highest BCUT2D eigenvalue weighted by Crippen LogP contribution is 2.35. The van der Waals surface area contributed by atoms with E-state index in [1.807, 2.05) is 12.1 Å². The van der Waals surface area contributed by atoms with Crippen LogP contribution >= 0.6 is 0 Å². The number of carbonyl (C=O) groups excluding carboxylic acids is 1. The Morgan fingerprint density at radius 2 is 2.03 bits per heavy atom. The van der Waals surface area contributed by atoms with Crippen molar-refractivity contribution < 1.29 is 9.18 Å². The molecule has 2 aliphatic rings. The molecule has 2 aliphatic heterocycles. The molecule has 5 rings (SSSR count). The Balaban J connectivity index is 1.43. The van der Waals surface area contributed by atoms with Gasteiger partial charge in [0.2, 0.25) is 0 Å². The minimum atomic E-state index is -0.451. The van der Waals surface area contributed by atoms with Crippen LogP contribution in [0.3, 0.4) is 0 Å². The molecular formula is C26H29FN6O. The third-order valence-electron chi connectivity index (χ3n) is 6.40. The van der Waals surface area contributed by atoms with E-state index in [0.29, 0.717) is 23.6 Å². The highest BCUT2D eigenvalue weighted by Gasteiger charge is 2.29. The second-order valence-corrected chi connectivity index (χ2v) is 9.68. The number of hydrogen-bond donors (Lipinski definition) is 2. The van der Waals surface area contributed by atoms with Gasteiger partial charge in [-0.05, 0) is 54.7 Å². The zero-order chi connectivity index (χ0) is 23.7. The first-order valence-corrected chi connectivity index (χ1v) is 11.7. The van der Waals surface area contributed by atoms with Crippen molar-refractivity contribution in [1.29, 1.82) is 0 Å². The van der Waals surface area contributed by atoms with Crippen LogP contribution in [0.2, 0.25) is 0 Å². The zero-order valence-corrected chi connectivity index (χ0v) is 19.5.